The molecule has 6 nitrogen and oxygen atoms in total. The summed E-state index contributed by atoms with van der Waals surface area (Å²) >= 11 is 0. The molecule has 2 rings (SSSR count). The van der Waals surface area contributed by atoms with Crippen LogP contribution in [0.1, 0.15) is 36.9 Å². The van der Waals surface area contributed by atoms with Crippen LogP contribution < -0.4 is 5.73 Å². The van der Waals surface area contributed by atoms with Crippen molar-refractivity contribution < 1.29 is 12.9 Å². The maximum absolute atomic E-state index is 11.0. The van der Waals surface area contributed by atoms with Gasteiger partial charge in [0.1, 0.15) is 5.75 Å². The number of rotatable bonds is 3. The van der Waals surface area contributed by atoms with E-state index >= 15 is 0 Å². The third-order valence-electron chi connectivity index (χ3n) is 2.70. The van der Waals surface area contributed by atoms with E-state index in [1.807, 2.05) is 0 Å². The van der Waals surface area contributed by atoms with Crippen LogP contribution in [0.4, 0.5) is 0 Å². The van der Waals surface area contributed by atoms with Crippen molar-refractivity contribution in [3.63, 3.8) is 0 Å². The van der Waals surface area contributed by atoms with Gasteiger partial charge in [0, 0.05) is 18.2 Å². The predicted octanol–water partition coefficient (Wildman–Crippen LogP) is 0.209. The molecular weight excluding hydrogens is 230 g/mol. The van der Waals surface area contributed by atoms with Gasteiger partial charge in [0.25, 0.3) is 0 Å². The van der Waals surface area contributed by atoms with Crippen molar-refractivity contribution in [2.45, 2.75) is 37.0 Å². The zero-order chi connectivity index (χ0) is 11.8. The molecule has 0 aliphatic heterocycles. The third-order valence-corrected chi connectivity index (χ3v) is 3.48. The number of nitrogens with two attached hydrogens (primary N) is 1. The minimum atomic E-state index is -3.11. The highest BCUT2D eigenvalue weighted by atomic mass is 32.2. The number of sulfone groups is 1. The van der Waals surface area contributed by atoms with E-state index in [0.29, 0.717) is 5.89 Å². The molecule has 1 aliphatic carbocycles. The lowest BCUT2D eigenvalue weighted by atomic mass is 10.1. The standard InChI is InChI=1S/C9H15N3O3S/c1-16(13,14)5-8-11-9(15-12-8)6-2-3-7(10)4-6/h6-7H,2-5,10H2,1H3/t6-,7+/m1/s1. The first-order valence-electron chi connectivity index (χ1n) is 5.20. The molecule has 0 saturated heterocycles. The van der Waals surface area contributed by atoms with Gasteiger partial charge in [0.05, 0.1) is 0 Å². The molecule has 1 heterocycles. The average Bonchev–Trinajstić information content (AvgIpc) is 2.71. The minimum Gasteiger partial charge on any atom is -0.339 e. The van der Waals surface area contributed by atoms with Crippen LogP contribution in [0.2, 0.25) is 0 Å². The van der Waals surface area contributed by atoms with Crippen LogP contribution in [-0.2, 0) is 15.6 Å². The van der Waals surface area contributed by atoms with E-state index in [4.69, 9.17) is 10.3 Å². The van der Waals surface area contributed by atoms with Crippen molar-refractivity contribution in [3.05, 3.63) is 11.7 Å². The van der Waals surface area contributed by atoms with Crippen molar-refractivity contribution in [1.29, 1.82) is 0 Å². The molecule has 2 atom stereocenters. The Labute approximate surface area is 94.1 Å². The molecule has 16 heavy (non-hydrogen) atoms. The molecule has 0 radical (unpaired) electrons. The fourth-order valence-electron chi connectivity index (χ4n) is 1.97. The number of nitrogens with zero attached hydrogens (tertiary/aromatic N) is 2. The average molecular weight is 245 g/mol. The first-order chi connectivity index (χ1) is 7.44. The monoisotopic (exact) mass is 245 g/mol. The largest absolute Gasteiger partial charge is 0.339 e. The quantitative estimate of drug-likeness (QED) is 0.817. The van der Waals surface area contributed by atoms with Crippen molar-refractivity contribution in [2.75, 3.05) is 6.26 Å². The Balaban J connectivity index is 2.08. The second kappa shape index (κ2) is 4.14. The third kappa shape index (κ3) is 2.79. The molecule has 7 heteroatoms. The summed E-state index contributed by atoms with van der Waals surface area (Å²) in [5.74, 6) is 0.773. The molecule has 1 aromatic heterocycles. The van der Waals surface area contributed by atoms with Crippen molar-refractivity contribution >= 4 is 9.84 Å². The van der Waals surface area contributed by atoms with E-state index in [2.05, 4.69) is 10.1 Å². The first-order valence-corrected chi connectivity index (χ1v) is 7.26. The first kappa shape index (κ1) is 11.5. The summed E-state index contributed by atoms with van der Waals surface area (Å²) in [5.41, 5.74) is 5.79. The molecule has 0 spiro atoms. The summed E-state index contributed by atoms with van der Waals surface area (Å²) in [4.78, 5) is 4.10. The maximum atomic E-state index is 11.0. The van der Waals surface area contributed by atoms with Crippen LogP contribution in [0, 0.1) is 0 Å². The maximum Gasteiger partial charge on any atom is 0.229 e. The lowest BCUT2D eigenvalue weighted by Gasteiger charge is -2.01. The number of aromatic nitrogens is 2. The van der Waals surface area contributed by atoms with Gasteiger partial charge < -0.3 is 10.3 Å². The zero-order valence-electron chi connectivity index (χ0n) is 9.09. The smallest absolute Gasteiger partial charge is 0.229 e. The van der Waals surface area contributed by atoms with Gasteiger partial charge in [-0.1, -0.05) is 5.16 Å². The molecule has 1 fully saturated rings. The lowest BCUT2D eigenvalue weighted by molar-refractivity contribution is 0.350. The van der Waals surface area contributed by atoms with Gasteiger partial charge in [-0.15, -0.1) is 0 Å². The van der Waals surface area contributed by atoms with Gasteiger partial charge in [0.2, 0.25) is 5.89 Å². The zero-order valence-corrected chi connectivity index (χ0v) is 9.90. The number of hydrogen-bond donors (Lipinski definition) is 1. The Morgan fingerprint density at radius 2 is 2.25 bits per heavy atom. The normalized spacial score (nSPS) is 26.1. The fraction of sp³-hybridized carbons (Fsp3) is 0.778. The van der Waals surface area contributed by atoms with E-state index in [-0.39, 0.29) is 23.5 Å². The highest BCUT2D eigenvalue weighted by Crippen LogP contribution is 2.32. The molecule has 0 bridgehead atoms. The van der Waals surface area contributed by atoms with E-state index < -0.39 is 9.84 Å². The summed E-state index contributed by atoms with van der Waals surface area (Å²) in [6, 6.07) is 0.190. The predicted molar refractivity (Wildman–Crippen MR) is 57.4 cm³/mol. The van der Waals surface area contributed by atoms with Gasteiger partial charge in [-0.05, 0) is 19.3 Å². The van der Waals surface area contributed by atoms with Crippen LogP contribution in [0.25, 0.3) is 0 Å². The second-order valence-corrected chi connectivity index (χ2v) is 6.53. The van der Waals surface area contributed by atoms with Crippen LogP contribution in [0.15, 0.2) is 4.52 Å². The SMILES string of the molecule is CS(=O)(=O)Cc1noc([C@@H]2CC[C@H](N)C2)n1. The van der Waals surface area contributed by atoms with Crippen molar-refractivity contribution in [2.24, 2.45) is 5.73 Å². The van der Waals surface area contributed by atoms with Crippen molar-refractivity contribution in [3.8, 4) is 0 Å². The summed E-state index contributed by atoms with van der Waals surface area (Å²) in [6.45, 7) is 0. The topological polar surface area (TPSA) is 99.1 Å². The second-order valence-electron chi connectivity index (χ2n) is 4.39. The van der Waals surface area contributed by atoms with Crippen LogP contribution in [-0.4, -0.2) is 30.9 Å². The van der Waals surface area contributed by atoms with Crippen LogP contribution >= 0.6 is 0 Å². The van der Waals surface area contributed by atoms with E-state index in [1.165, 1.54) is 0 Å². The van der Waals surface area contributed by atoms with E-state index in [1.54, 1.807) is 0 Å². The summed E-state index contributed by atoms with van der Waals surface area (Å²) in [5, 5.41) is 3.67. The summed E-state index contributed by atoms with van der Waals surface area (Å²) < 4.78 is 27.1. The minimum absolute atomic E-state index is 0.171. The Morgan fingerprint density at radius 1 is 1.50 bits per heavy atom. The molecule has 0 unspecified atom stereocenters. The molecule has 0 aromatic carbocycles. The van der Waals surface area contributed by atoms with E-state index in [9.17, 15) is 8.42 Å². The van der Waals surface area contributed by atoms with Crippen LogP contribution in [0.5, 0.6) is 0 Å². The Kier molecular flexibility index (Phi) is 2.98. The number of hydrogen-bond acceptors (Lipinski definition) is 6. The summed E-state index contributed by atoms with van der Waals surface area (Å²) in [6.07, 6.45) is 3.87. The molecule has 1 saturated carbocycles. The van der Waals surface area contributed by atoms with Gasteiger partial charge >= 0.3 is 0 Å². The fourth-order valence-corrected chi connectivity index (χ4v) is 2.55. The van der Waals surface area contributed by atoms with Gasteiger partial charge in [-0.25, -0.2) is 8.42 Å². The van der Waals surface area contributed by atoms with Crippen LogP contribution in [0.3, 0.4) is 0 Å². The Hall–Kier alpha value is -0.950. The molecule has 1 aromatic rings. The molecule has 0 amide bonds. The van der Waals surface area contributed by atoms with Gasteiger partial charge in [0.15, 0.2) is 15.7 Å². The van der Waals surface area contributed by atoms with Crippen molar-refractivity contribution in [1.82, 2.24) is 10.1 Å². The molecule has 1 aliphatic rings. The lowest BCUT2D eigenvalue weighted by Crippen LogP contribution is -2.14. The highest BCUT2D eigenvalue weighted by Gasteiger charge is 2.28. The molecular formula is C9H15N3O3S. The Bertz CT molecular complexity index is 468. The van der Waals surface area contributed by atoms with E-state index in [0.717, 1.165) is 25.5 Å². The Morgan fingerprint density at radius 3 is 2.81 bits per heavy atom. The highest BCUT2D eigenvalue weighted by molar-refractivity contribution is 7.89. The van der Waals surface area contributed by atoms with Gasteiger partial charge in [-0.2, -0.15) is 4.98 Å². The molecule has 90 valence electrons. The molecule has 2 N–H and O–H groups in total. The van der Waals surface area contributed by atoms with Gasteiger partial charge in [-0.3, -0.25) is 0 Å². The summed E-state index contributed by atoms with van der Waals surface area (Å²) in [7, 11) is -3.11.